The first-order valence-electron chi connectivity index (χ1n) is 6.92. The van der Waals surface area contributed by atoms with Crippen molar-refractivity contribution in [3.05, 3.63) is 0 Å². The lowest BCUT2D eigenvalue weighted by Gasteiger charge is -2.37. The fraction of sp³-hybridized carbons (Fsp3) is 0.923. The van der Waals surface area contributed by atoms with Crippen LogP contribution in [-0.2, 0) is 4.79 Å². The van der Waals surface area contributed by atoms with E-state index in [0.717, 1.165) is 51.7 Å². The lowest BCUT2D eigenvalue weighted by Crippen LogP contribution is -2.51. The van der Waals surface area contributed by atoms with Gasteiger partial charge in [-0.1, -0.05) is 13.3 Å². The summed E-state index contributed by atoms with van der Waals surface area (Å²) in [5.41, 5.74) is 0. The van der Waals surface area contributed by atoms with Crippen molar-refractivity contribution in [3.8, 4) is 0 Å². The molecule has 2 heterocycles. The average Bonchev–Trinajstić information content (AvgIpc) is 2.85. The number of aliphatic hydroxyl groups excluding tert-OH is 1. The normalized spacial score (nSPS) is 34.0. The van der Waals surface area contributed by atoms with Crippen LogP contribution in [0.3, 0.4) is 0 Å². The molecule has 0 bridgehead atoms. The van der Waals surface area contributed by atoms with Gasteiger partial charge in [-0.25, -0.2) is 0 Å². The van der Waals surface area contributed by atoms with Crippen LogP contribution in [0.1, 0.15) is 39.0 Å². The van der Waals surface area contributed by atoms with E-state index in [2.05, 4.69) is 12.2 Å². The number of rotatable bonds is 3. The molecule has 2 rings (SSSR count). The molecule has 0 aliphatic carbocycles. The SMILES string of the molecule is CCC[C@@H]1CN(C(=O)[C@@H]2CCCN2)CC[C@@H]1O. The van der Waals surface area contributed by atoms with Crippen LogP contribution in [0.2, 0.25) is 0 Å². The molecule has 0 unspecified atom stereocenters. The highest BCUT2D eigenvalue weighted by Gasteiger charge is 2.33. The van der Waals surface area contributed by atoms with Gasteiger partial charge in [0.1, 0.15) is 0 Å². The zero-order chi connectivity index (χ0) is 12.3. The van der Waals surface area contributed by atoms with Gasteiger partial charge in [0, 0.05) is 19.0 Å². The Labute approximate surface area is 103 Å². The molecule has 0 aromatic heterocycles. The third-order valence-corrected chi connectivity index (χ3v) is 4.02. The smallest absolute Gasteiger partial charge is 0.239 e. The minimum Gasteiger partial charge on any atom is -0.393 e. The number of carbonyl (C=O) groups excluding carboxylic acids is 1. The van der Waals surface area contributed by atoms with E-state index < -0.39 is 0 Å². The summed E-state index contributed by atoms with van der Waals surface area (Å²) in [6.07, 6.45) is 4.69. The molecule has 4 nitrogen and oxygen atoms in total. The van der Waals surface area contributed by atoms with Crippen molar-refractivity contribution in [1.82, 2.24) is 10.2 Å². The molecule has 98 valence electrons. The molecule has 2 aliphatic rings. The van der Waals surface area contributed by atoms with Crippen LogP contribution in [0.4, 0.5) is 0 Å². The highest BCUT2D eigenvalue weighted by atomic mass is 16.3. The molecule has 0 aromatic rings. The highest BCUT2D eigenvalue weighted by Crippen LogP contribution is 2.23. The Bertz CT molecular complexity index is 264. The molecule has 0 aromatic carbocycles. The van der Waals surface area contributed by atoms with Gasteiger partial charge in [-0.15, -0.1) is 0 Å². The fourth-order valence-corrected chi connectivity index (χ4v) is 2.99. The maximum absolute atomic E-state index is 12.2. The van der Waals surface area contributed by atoms with Crippen LogP contribution < -0.4 is 5.32 Å². The zero-order valence-corrected chi connectivity index (χ0v) is 10.7. The van der Waals surface area contributed by atoms with Gasteiger partial charge in [0.05, 0.1) is 12.1 Å². The van der Waals surface area contributed by atoms with Crippen molar-refractivity contribution in [1.29, 1.82) is 0 Å². The Hall–Kier alpha value is -0.610. The van der Waals surface area contributed by atoms with Gasteiger partial charge in [-0.3, -0.25) is 4.79 Å². The van der Waals surface area contributed by atoms with E-state index >= 15 is 0 Å². The first-order valence-corrected chi connectivity index (χ1v) is 6.92. The van der Waals surface area contributed by atoms with E-state index in [4.69, 9.17) is 0 Å². The summed E-state index contributed by atoms with van der Waals surface area (Å²) in [5, 5.41) is 13.2. The van der Waals surface area contributed by atoms with Crippen molar-refractivity contribution >= 4 is 5.91 Å². The lowest BCUT2D eigenvalue weighted by atomic mass is 9.90. The maximum atomic E-state index is 12.2. The number of carbonyl (C=O) groups is 1. The molecule has 2 aliphatic heterocycles. The minimum absolute atomic E-state index is 0.0347. The van der Waals surface area contributed by atoms with E-state index in [9.17, 15) is 9.90 Å². The molecule has 0 spiro atoms. The molecule has 17 heavy (non-hydrogen) atoms. The van der Waals surface area contributed by atoms with Gasteiger partial charge < -0.3 is 15.3 Å². The van der Waals surface area contributed by atoms with Crippen molar-refractivity contribution < 1.29 is 9.90 Å². The quantitative estimate of drug-likeness (QED) is 0.765. The van der Waals surface area contributed by atoms with Crippen molar-refractivity contribution in [2.24, 2.45) is 5.92 Å². The molecule has 2 fully saturated rings. The number of nitrogens with zero attached hydrogens (tertiary/aromatic N) is 1. The number of hydrogen-bond acceptors (Lipinski definition) is 3. The van der Waals surface area contributed by atoms with E-state index in [-0.39, 0.29) is 24.0 Å². The Morgan fingerprint density at radius 1 is 1.47 bits per heavy atom. The molecule has 0 radical (unpaired) electrons. The minimum atomic E-state index is -0.212. The highest BCUT2D eigenvalue weighted by molar-refractivity contribution is 5.82. The largest absolute Gasteiger partial charge is 0.393 e. The summed E-state index contributed by atoms with van der Waals surface area (Å²) in [5.74, 6) is 0.523. The third-order valence-electron chi connectivity index (χ3n) is 4.02. The van der Waals surface area contributed by atoms with Gasteiger partial charge in [0.15, 0.2) is 0 Å². The number of amides is 1. The molecule has 0 saturated carbocycles. The predicted molar refractivity (Wildman–Crippen MR) is 66.6 cm³/mol. The van der Waals surface area contributed by atoms with Crippen LogP contribution in [0.25, 0.3) is 0 Å². The van der Waals surface area contributed by atoms with E-state index in [0.29, 0.717) is 0 Å². The average molecular weight is 240 g/mol. The predicted octanol–water partition coefficient (Wildman–Crippen LogP) is 0.748. The lowest BCUT2D eigenvalue weighted by molar-refractivity contribution is -0.137. The summed E-state index contributed by atoms with van der Waals surface area (Å²) in [6.45, 7) is 4.56. The third kappa shape index (κ3) is 2.99. The van der Waals surface area contributed by atoms with Gasteiger partial charge in [0.25, 0.3) is 0 Å². The topological polar surface area (TPSA) is 52.6 Å². The second kappa shape index (κ2) is 5.83. The number of aliphatic hydroxyl groups is 1. The van der Waals surface area contributed by atoms with Gasteiger partial charge in [-0.05, 0) is 32.2 Å². The summed E-state index contributed by atoms with van der Waals surface area (Å²) in [7, 11) is 0. The Kier molecular flexibility index (Phi) is 4.40. The molecule has 4 heteroatoms. The van der Waals surface area contributed by atoms with Crippen LogP contribution in [0.5, 0.6) is 0 Å². The Balaban J connectivity index is 1.90. The van der Waals surface area contributed by atoms with Gasteiger partial charge in [-0.2, -0.15) is 0 Å². The molecule has 2 N–H and O–H groups in total. The molecular weight excluding hydrogens is 216 g/mol. The van der Waals surface area contributed by atoms with Crippen molar-refractivity contribution in [2.45, 2.75) is 51.2 Å². The zero-order valence-electron chi connectivity index (χ0n) is 10.7. The number of hydrogen-bond donors (Lipinski definition) is 2. The monoisotopic (exact) mass is 240 g/mol. The first kappa shape index (κ1) is 12.8. The second-order valence-corrected chi connectivity index (χ2v) is 5.34. The summed E-state index contributed by atoms with van der Waals surface area (Å²) >= 11 is 0. The van der Waals surface area contributed by atoms with Crippen molar-refractivity contribution in [2.75, 3.05) is 19.6 Å². The maximum Gasteiger partial charge on any atom is 0.239 e. The molecule has 1 amide bonds. The number of likely N-dealkylation sites (tertiary alicyclic amines) is 1. The second-order valence-electron chi connectivity index (χ2n) is 5.34. The van der Waals surface area contributed by atoms with Crippen LogP contribution in [0.15, 0.2) is 0 Å². The summed E-state index contributed by atoms with van der Waals surface area (Å²) in [4.78, 5) is 14.2. The Morgan fingerprint density at radius 2 is 2.29 bits per heavy atom. The molecule has 3 atom stereocenters. The van der Waals surface area contributed by atoms with Crippen LogP contribution >= 0.6 is 0 Å². The molecule has 2 saturated heterocycles. The van der Waals surface area contributed by atoms with E-state index in [1.165, 1.54) is 0 Å². The van der Waals surface area contributed by atoms with Crippen molar-refractivity contribution in [3.63, 3.8) is 0 Å². The fourth-order valence-electron chi connectivity index (χ4n) is 2.99. The van der Waals surface area contributed by atoms with E-state index in [1.54, 1.807) is 0 Å². The van der Waals surface area contributed by atoms with Gasteiger partial charge >= 0.3 is 0 Å². The van der Waals surface area contributed by atoms with Crippen LogP contribution in [-0.4, -0.2) is 47.7 Å². The first-order chi connectivity index (χ1) is 8.22. The number of piperidine rings is 1. The Morgan fingerprint density at radius 3 is 2.94 bits per heavy atom. The summed E-state index contributed by atoms with van der Waals surface area (Å²) < 4.78 is 0. The standard InChI is InChI=1S/C13H24N2O2/c1-2-4-10-9-15(8-6-12(10)16)13(17)11-5-3-7-14-11/h10-12,14,16H,2-9H2,1H3/t10-,11+,12+/m1/s1. The van der Waals surface area contributed by atoms with Crippen LogP contribution in [0, 0.1) is 5.92 Å². The number of nitrogens with one attached hydrogen (secondary N) is 1. The molecular formula is C13H24N2O2. The van der Waals surface area contributed by atoms with Gasteiger partial charge in [0.2, 0.25) is 5.91 Å². The summed E-state index contributed by atoms with van der Waals surface area (Å²) in [6, 6.07) is 0.0347. The van der Waals surface area contributed by atoms with E-state index in [1.807, 2.05) is 4.90 Å².